The number of carbonyl (C=O) groups is 1. The van der Waals surface area contributed by atoms with Gasteiger partial charge in [-0.2, -0.15) is 0 Å². The van der Waals surface area contributed by atoms with Crippen molar-refractivity contribution in [3.05, 3.63) is 35.4 Å². The van der Waals surface area contributed by atoms with Crippen LogP contribution in [0.1, 0.15) is 54.4 Å². The summed E-state index contributed by atoms with van der Waals surface area (Å²) in [5.41, 5.74) is 2.14. The molecule has 0 aromatic heterocycles. The van der Waals surface area contributed by atoms with Gasteiger partial charge < -0.3 is 10.1 Å². The molecule has 1 aromatic rings. The highest BCUT2D eigenvalue weighted by Crippen LogP contribution is 2.55. The summed E-state index contributed by atoms with van der Waals surface area (Å²) in [5, 5.41) is 3.50. The van der Waals surface area contributed by atoms with Gasteiger partial charge in [-0.05, 0) is 74.0 Å². The molecule has 0 radical (unpaired) electrons. The van der Waals surface area contributed by atoms with E-state index in [1.165, 1.54) is 44.1 Å². The van der Waals surface area contributed by atoms with E-state index in [-0.39, 0.29) is 11.4 Å². The molecule has 4 aliphatic carbocycles. The quantitative estimate of drug-likeness (QED) is 0.903. The van der Waals surface area contributed by atoms with Crippen LogP contribution in [0.3, 0.4) is 0 Å². The van der Waals surface area contributed by atoms with Crippen molar-refractivity contribution in [1.29, 1.82) is 0 Å². The van der Waals surface area contributed by atoms with Gasteiger partial charge in [0.05, 0.1) is 13.2 Å². The molecule has 0 atom stereocenters. The molecule has 1 aliphatic heterocycles. The summed E-state index contributed by atoms with van der Waals surface area (Å²) in [6.07, 6.45) is 7.84. The van der Waals surface area contributed by atoms with Gasteiger partial charge in [0.15, 0.2) is 0 Å². The third-order valence-electron chi connectivity index (χ3n) is 7.12. The summed E-state index contributed by atoms with van der Waals surface area (Å²) in [7, 11) is 0. The molecule has 1 heterocycles. The maximum Gasteiger partial charge on any atom is 0.251 e. The second-order valence-electron chi connectivity index (χ2n) is 9.24. The Hall–Kier alpha value is -1.39. The Morgan fingerprint density at radius 2 is 1.73 bits per heavy atom. The standard InChI is InChI=1S/C22H30N2O2/c25-21(23-22-12-17-8-18(13-22)10-19(9-17)14-22)20-3-1-2-16(11-20)15-24-4-6-26-7-5-24/h1-3,11,17-19H,4-10,12-15H2,(H,23,25). The summed E-state index contributed by atoms with van der Waals surface area (Å²) in [6.45, 7) is 4.48. The van der Waals surface area contributed by atoms with Crippen molar-refractivity contribution in [3.8, 4) is 0 Å². The molecule has 5 aliphatic rings. The van der Waals surface area contributed by atoms with Crippen LogP contribution >= 0.6 is 0 Å². The number of carbonyl (C=O) groups excluding carboxylic acids is 1. The van der Waals surface area contributed by atoms with Crippen LogP contribution in [-0.2, 0) is 11.3 Å². The molecule has 140 valence electrons. The van der Waals surface area contributed by atoms with Gasteiger partial charge in [0.2, 0.25) is 0 Å². The highest BCUT2D eigenvalue weighted by atomic mass is 16.5. The van der Waals surface area contributed by atoms with Crippen molar-refractivity contribution >= 4 is 5.91 Å². The first-order chi connectivity index (χ1) is 12.7. The first kappa shape index (κ1) is 16.8. The molecule has 5 fully saturated rings. The number of benzene rings is 1. The number of ether oxygens (including phenoxy) is 1. The average molecular weight is 354 g/mol. The van der Waals surface area contributed by atoms with Crippen molar-refractivity contribution in [1.82, 2.24) is 10.2 Å². The molecule has 4 heteroatoms. The largest absolute Gasteiger partial charge is 0.379 e. The second kappa shape index (κ2) is 6.65. The van der Waals surface area contributed by atoms with E-state index in [2.05, 4.69) is 22.3 Å². The summed E-state index contributed by atoms with van der Waals surface area (Å²) < 4.78 is 5.43. The van der Waals surface area contributed by atoms with Crippen LogP contribution < -0.4 is 5.32 Å². The summed E-state index contributed by atoms with van der Waals surface area (Å²) in [6, 6.07) is 8.23. The zero-order valence-corrected chi connectivity index (χ0v) is 15.6. The van der Waals surface area contributed by atoms with Crippen LogP contribution in [0.15, 0.2) is 24.3 Å². The fourth-order valence-corrected chi connectivity index (χ4v) is 6.41. The molecule has 6 rings (SSSR count). The van der Waals surface area contributed by atoms with Gasteiger partial charge in [-0.3, -0.25) is 9.69 Å². The normalized spacial score (nSPS) is 36.2. The number of hydrogen-bond donors (Lipinski definition) is 1. The fraction of sp³-hybridized carbons (Fsp3) is 0.682. The molecular formula is C22H30N2O2. The topological polar surface area (TPSA) is 41.6 Å². The van der Waals surface area contributed by atoms with Crippen molar-refractivity contribution < 1.29 is 9.53 Å². The molecule has 1 amide bonds. The first-order valence-electron chi connectivity index (χ1n) is 10.4. The SMILES string of the molecule is O=C(NC12CC3CC(CC(C3)C1)C2)c1cccc(CN2CCOCC2)c1. The van der Waals surface area contributed by atoms with Gasteiger partial charge in [-0.1, -0.05) is 12.1 Å². The Kier molecular flexibility index (Phi) is 4.29. The first-order valence-corrected chi connectivity index (χ1v) is 10.4. The predicted octanol–water partition coefficient (Wildman–Crippen LogP) is 3.22. The van der Waals surface area contributed by atoms with Crippen molar-refractivity contribution in [2.24, 2.45) is 17.8 Å². The Labute approximate surface area is 156 Å². The van der Waals surface area contributed by atoms with Crippen LogP contribution in [0.25, 0.3) is 0 Å². The molecule has 4 saturated carbocycles. The van der Waals surface area contributed by atoms with Crippen LogP contribution in [0.4, 0.5) is 0 Å². The molecular weight excluding hydrogens is 324 g/mol. The van der Waals surface area contributed by atoms with E-state index in [4.69, 9.17) is 4.74 Å². The third-order valence-corrected chi connectivity index (χ3v) is 7.12. The average Bonchev–Trinajstić information content (AvgIpc) is 2.61. The smallest absolute Gasteiger partial charge is 0.251 e. The van der Waals surface area contributed by atoms with Crippen LogP contribution in [-0.4, -0.2) is 42.6 Å². The Morgan fingerprint density at radius 1 is 1.08 bits per heavy atom. The highest BCUT2D eigenvalue weighted by molar-refractivity contribution is 5.94. The van der Waals surface area contributed by atoms with E-state index in [0.29, 0.717) is 0 Å². The van der Waals surface area contributed by atoms with Gasteiger partial charge in [0.1, 0.15) is 0 Å². The van der Waals surface area contributed by atoms with Gasteiger partial charge in [-0.25, -0.2) is 0 Å². The molecule has 1 saturated heterocycles. The fourth-order valence-electron chi connectivity index (χ4n) is 6.41. The lowest BCUT2D eigenvalue weighted by Crippen LogP contribution is -2.59. The second-order valence-corrected chi connectivity index (χ2v) is 9.24. The number of nitrogens with zero attached hydrogens (tertiary/aromatic N) is 1. The molecule has 0 spiro atoms. The zero-order chi connectivity index (χ0) is 17.6. The maximum absolute atomic E-state index is 13.0. The molecule has 1 aromatic carbocycles. The third kappa shape index (κ3) is 3.29. The van der Waals surface area contributed by atoms with E-state index < -0.39 is 0 Å². The lowest BCUT2D eigenvalue weighted by atomic mass is 9.53. The monoisotopic (exact) mass is 354 g/mol. The zero-order valence-electron chi connectivity index (χ0n) is 15.6. The minimum absolute atomic E-state index is 0.0893. The number of rotatable bonds is 4. The molecule has 4 nitrogen and oxygen atoms in total. The number of morpholine rings is 1. The van der Waals surface area contributed by atoms with E-state index >= 15 is 0 Å². The van der Waals surface area contributed by atoms with Crippen LogP contribution in [0.5, 0.6) is 0 Å². The van der Waals surface area contributed by atoms with Crippen molar-refractivity contribution in [2.75, 3.05) is 26.3 Å². The Morgan fingerprint density at radius 3 is 2.38 bits per heavy atom. The summed E-state index contributed by atoms with van der Waals surface area (Å²) in [5.74, 6) is 2.70. The van der Waals surface area contributed by atoms with Crippen LogP contribution in [0.2, 0.25) is 0 Å². The van der Waals surface area contributed by atoms with E-state index in [9.17, 15) is 4.79 Å². The lowest BCUT2D eigenvalue weighted by molar-refractivity contribution is -0.0167. The highest BCUT2D eigenvalue weighted by Gasteiger charge is 2.51. The van der Waals surface area contributed by atoms with Crippen molar-refractivity contribution in [3.63, 3.8) is 0 Å². The predicted molar refractivity (Wildman–Crippen MR) is 101 cm³/mol. The summed E-state index contributed by atoms with van der Waals surface area (Å²) >= 11 is 0. The number of amides is 1. The van der Waals surface area contributed by atoms with E-state index in [0.717, 1.165) is 56.2 Å². The summed E-state index contributed by atoms with van der Waals surface area (Å²) in [4.78, 5) is 15.4. The van der Waals surface area contributed by atoms with Crippen LogP contribution in [0, 0.1) is 17.8 Å². The van der Waals surface area contributed by atoms with E-state index in [1.54, 1.807) is 0 Å². The Balaban J connectivity index is 1.27. The van der Waals surface area contributed by atoms with Gasteiger partial charge >= 0.3 is 0 Å². The number of nitrogens with one attached hydrogen (secondary N) is 1. The molecule has 1 N–H and O–H groups in total. The van der Waals surface area contributed by atoms with Crippen molar-refractivity contribution in [2.45, 2.75) is 50.6 Å². The minimum Gasteiger partial charge on any atom is -0.379 e. The lowest BCUT2D eigenvalue weighted by Gasteiger charge is -2.56. The molecule has 26 heavy (non-hydrogen) atoms. The minimum atomic E-state index is 0.0893. The van der Waals surface area contributed by atoms with Gasteiger partial charge in [0, 0.05) is 30.7 Å². The maximum atomic E-state index is 13.0. The van der Waals surface area contributed by atoms with E-state index in [1.807, 2.05) is 12.1 Å². The van der Waals surface area contributed by atoms with Gasteiger partial charge in [0.25, 0.3) is 5.91 Å². The molecule has 0 unspecified atom stereocenters. The molecule has 4 bridgehead atoms. The number of hydrogen-bond acceptors (Lipinski definition) is 3. The van der Waals surface area contributed by atoms with Gasteiger partial charge in [-0.15, -0.1) is 0 Å². The Bertz CT molecular complexity index is 645.